The van der Waals surface area contributed by atoms with E-state index in [-0.39, 0.29) is 5.91 Å². The number of benzene rings is 3. The van der Waals surface area contributed by atoms with E-state index in [9.17, 15) is 4.79 Å². The number of hydrogen-bond acceptors (Lipinski definition) is 6. The molecule has 41 heavy (non-hydrogen) atoms. The van der Waals surface area contributed by atoms with Crippen molar-refractivity contribution in [3.8, 4) is 11.5 Å². The van der Waals surface area contributed by atoms with Gasteiger partial charge in [0.15, 0.2) is 16.7 Å². The topological polar surface area (TPSA) is 64.3 Å². The second-order valence-electron chi connectivity index (χ2n) is 9.52. The number of furan rings is 1. The van der Waals surface area contributed by atoms with Crippen LogP contribution in [0.3, 0.4) is 0 Å². The van der Waals surface area contributed by atoms with Crippen LogP contribution in [0.4, 0.5) is 5.69 Å². The summed E-state index contributed by atoms with van der Waals surface area (Å²) in [7, 11) is 0. The van der Waals surface area contributed by atoms with Gasteiger partial charge in [0.2, 0.25) is 0 Å². The number of allylic oxidation sites excluding steroid dienone is 1. The van der Waals surface area contributed by atoms with E-state index < -0.39 is 0 Å². The Balaban J connectivity index is 1.48. The lowest BCUT2D eigenvalue weighted by atomic mass is 10.0. The lowest BCUT2D eigenvalue weighted by molar-refractivity contribution is -0.122. The molecule has 208 valence electrons. The van der Waals surface area contributed by atoms with Gasteiger partial charge in [-0.2, -0.15) is 0 Å². The second-order valence-corrected chi connectivity index (χ2v) is 10.5. The highest BCUT2D eigenvalue weighted by Gasteiger charge is 2.34. The normalized spacial score (nSPS) is 15.1. The summed E-state index contributed by atoms with van der Waals surface area (Å²) in [6.07, 6.45) is 5.92. The van der Waals surface area contributed by atoms with Crippen molar-refractivity contribution in [3.63, 3.8) is 0 Å². The summed E-state index contributed by atoms with van der Waals surface area (Å²) in [4.78, 5) is 20.6. The van der Waals surface area contributed by atoms with Crippen LogP contribution in [0.5, 0.6) is 11.5 Å². The van der Waals surface area contributed by atoms with E-state index in [1.807, 2.05) is 73.7 Å². The highest BCUT2D eigenvalue weighted by atomic mass is 32.2. The molecule has 5 rings (SSSR count). The Kier molecular flexibility index (Phi) is 9.06. The summed E-state index contributed by atoms with van der Waals surface area (Å²) in [5, 5.41) is 0.596. The third-order valence-corrected chi connectivity index (χ3v) is 7.39. The number of aryl methyl sites for hydroxylation is 1. The van der Waals surface area contributed by atoms with E-state index in [2.05, 4.69) is 37.8 Å². The van der Waals surface area contributed by atoms with Gasteiger partial charge in [0, 0.05) is 5.56 Å². The van der Waals surface area contributed by atoms with E-state index in [4.69, 9.17) is 18.9 Å². The van der Waals surface area contributed by atoms with Crippen molar-refractivity contribution in [2.45, 2.75) is 33.4 Å². The molecule has 7 heteroatoms. The van der Waals surface area contributed by atoms with Crippen LogP contribution in [-0.2, 0) is 24.4 Å². The molecule has 1 aliphatic heterocycles. The molecule has 1 aliphatic rings. The predicted molar refractivity (Wildman–Crippen MR) is 165 cm³/mol. The van der Waals surface area contributed by atoms with Gasteiger partial charge in [0.25, 0.3) is 5.91 Å². The van der Waals surface area contributed by atoms with Gasteiger partial charge < -0.3 is 13.9 Å². The zero-order valence-electron chi connectivity index (χ0n) is 23.2. The number of thioether (sulfide) groups is 1. The SMILES string of the molecule is C=CCc1cc(/C=C2\SC(=Nc3ccccc3)N(Cc3ccco3)C2=O)cc(OCC)c1OCc1ccc(C)cc1. The number of amides is 1. The molecular weight excluding hydrogens is 532 g/mol. The zero-order chi connectivity index (χ0) is 28.6. The molecule has 3 aromatic carbocycles. The summed E-state index contributed by atoms with van der Waals surface area (Å²) < 4.78 is 17.9. The van der Waals surface area contributed by atoms with Gasteiger partial charge in [0.05, 0.1) is 30.0 Å². The van der Waals surface area contributed by atoms with E-state index in [0.29, 0.717) is 53.5 Å². The standard InChI is InChI=1S/C34H32N2O4S/c1-4-10-27-19-26(20-30(38-5-2)32(27)40-23-25-16-14-24(3)15-17-25)21-31-33(37)36(22-29-13-9-18-39-29)34(41-31)35-28-11-7-6-8-12-28/h4,6-9,11-21H,1,5,10,22-23H2,2-3H3/b31-21-,35-34?. The number of carbonyl (C=O) groups excluding carboxylic acids is 1. The quantitative estimate of drug-likeness (QED) is 0.136. The van der Waals surface area contributed by atoms with Crippen LogP contribution in [0, 0.1) is 6.92 Å². The average molecular weight is 565 g/mol. The number of aliphatic imine (C=N–C) groups is 1. The highest BCUT2D eigenvalue weighted by molar-refractivity contribution is 8.18. The number of ether oxygens (including phenoxy) is 2. The maximum absolute atomic E-state index is 13.7. The molecule has 1 aromatic heterocycles. The number of amidine groups is 1. The molecule has 0 radical (unpaired) electrons. The highest BCUT2D eigenvalue weighted by Crippen LogP contribution is 2.39. The Labute approximate surface area is 245 Å². The first-order valence-electron chi connectivity index (χ1n) is 13.5. The van der Waals surface area contributed by atoms with Crippen LogP contribution in [0.2, 0.25) is 0 Å². The molecule has 0 bridgehead atoms. The van der Waals surface area contributed by atoms with Crippen molar-refractivity contribution in [2.24, 2.45) is 4.99 Å². The van der Waals surface area contributed by atoms with Crippen LogP contribution in [-0.4, -0.2) is 22.6 Å². The summed E-state index contributed by atoms with van der Waals surface area (Å²) in [6, 6.07) is 25.5. The molecule has 1 saturated heterocycles. The Morgan fingerprint density at radius 1 is 1.02 bits per heavy atom. The van der Waals surface area contributed by atoms with Gasteiger partial charge in [-0.25, -0.2) is 4.99 Å². The monoisotopic (exact) mass is 564 g/mol. The molecule has 0 saturated carbocycles. The fraction of sp³-hybridized carbons (Fsp3) is 0.176. The molecule has 0 atom stereocenters. The lowest BCUT2D eigenvalue weighted by Crippen LogP contribution is -2.28. The van der Waals surface area contributed by atoms with Gasteiger partial charge in [-0.05, 0) is 85.6 Å². The van der Waals surface area contributed by atoms with Crippen molar-refractivity contribution in [2.75, 3.05) is 6.61 Å². The van der Waals surface area contributed by atoms with Crippen molar-refractivity contribution >= 4 is 34.6 Å². The van der Waals surface area contributed by atoms with Crippen molar-refractivity contribution in [1.82, 2.24) is 4.90 Å². The van der Waals surface area contributed by atoms with Crippen LogP contribution in [0.1, 0.15) is 34.9 Å². The maximum atomic E-state index is 13.7. The molecule has 0 N–H and O–H groups in total. The number of para-hydroxylation sites is 1. The van der Waals surface area contributed by atoms with E-state index in [1.54, 1.807) is 11.2 Å². The zero-order valence-corrected chi connectivity index (χ0v) is 24.0. The molecule has 6 nitrogen and oxygen atoms in total. The summed E-state index contributed by atoms with van der Waals surface area (Å²) in [5.41, 5.74) is 4.82. The molecule has 0 aliphatic carbocycles. The number of carbonyl (C=O) groups is 1. The molecule has 0 spiro atoms. The van der Waals surface area contributed by atoms with Crippen LogP contribution in [0.25, 0.3) is 6.08 Å². The Bertz CT molecular complexity index is 1560. The minimum Gasteiger partial charge on any atom is -0.490 e. The second kappa shape index (κ2) is 13.2. The van der Waals surface area contributed by atoms with E-state index >= 15 is 0 Å². The van der Waals surface area contributed by atoms with Gasteiger partial charge in [-0.1, -0.05) is 54.1 Å². The fourth-order valence-electron chi connectivity index (χ4n) is 4.39. The number of rotatable bonds is 11. The van der Waals surface area contributed by atoms with Gasteiger partial charge in [0.1, 0.15) is 12.4 Å². The Morgan fingerprint density at radius 3 is 2.54 bits per heavy atom. The van der Waals surface area contributed by atoms with E-state index in [0.717, 1.165) is 22.4 Å². The molecule has 1 fully saturated rings. The Hall–Kier alpha value is -4.49. The first kappa shape index (κ1) is 28.1. The maximum Gasteiger partial charge on any atom is 0.267 e. The van der Waals surface area contributed by atoms with Gasteiger partial charge in [-0.3, -0.25) is 9.69 Å². The fourth-order valence-corrected chi connectivity index (χ4v) is 5.39. The first-order chi connectivity index (χ1) is 20.0. The predicted octanol–water partition coefficient (Wildman–Crippen LogP) is 8.10. The van der Waals surface area contributed by atoms with Crippen LogP contribution < -0.4 is 9.47 Å². The number of nitrogens with zero attached hydrogens (tertiary/aromatic N) is 2. The molecular formula is C34H32N2O4S. The van der Waals surface area contributed by atoms with Crippen molar-refractivity contribution in [1.29, 1.82) is 0 Å². The Morgan fingerprint density at radius 2 is 1.83 bits per heavy atom. The molecule has 4 aromatic rings. The average Bonchev–Trinajstić information content (AvgIpc) is 3.59. The van der Waals surface area contributed by atoms with Crippen molar-refractivity contribution in [3.05, 3.63) is 131 Å². The minimum atomic E-state index is -0.135. The molecule has 2 heterocycles. The third kappa shape index (κ3) is 6.99. The van der Waals surface area contributed by atoms with Gasteiger partial charge >= 0.3 is 0 Å². The lowest BCUT2D eigenvalue weighted by Gasteiger charge is -2.17. The largest absolute Gasteiger partial charge is 0.490 e. The summed E-state index contributed by atoms with van der Waals surface area (Å²) in [6.45, 7) is 9.13. The minimum absolute atomic E-state index is 0.135. The smallest absolute Gasteiger partial charge is 0.267 e. The van der Waals surface area contributed by atoms with Crippen LogP contribution in [0.15, 0.2) is 112 Å². The third-order valence-electron chi connectivity index (χ3n) is 6.38. The molecule has 1 amide bonds. The number of hydrogen-bond donors (Lipinski definition) is 0. The molecule has 0 unspecified atom stereocenters. The van der Waals surface area contributed by atoms with Crippen LogP contribution >= 0.6 is 11.8 Å². The van der Waals surface area contributed by atoms with Gasteiger partial charge in [-0.15, -0.1) is 6.58 Å². The first-order valence-corrected chi connectivity index (χ1v) is 14.3. The summed E-state index contributed by atoms with van der Waals surface area (Å²) >= 11 is 1.34. The van der Waals surface area contributed by atoms with E-state index in [1.165, 1.54) is 17.3 Å². The summed E-state index contributed by atoms with van der Waals surface area (Å²) in [5.74, 6) is 1.87. The van der Waals surface area contributed by atoms with Crippen molar-refractivity contribution < 1.29 is 18.7 Å².